The second-order valence-corrected chi connectivity index (χ2v) is 23.4. The summed E-state index contributed by atoms with van der Waals surface area (Å²) in [5.41, 5.74) is 2.60. The summed E-state index contributed by atoms with van der Waals surface area (Å²) in [4.78, 5) is 0. The van der Waals surface area contributed by atoms with Crippen molar-refractivity contribution in [1.82, 2.24) is 0 Å². The Bertz CT molecular complexity index is 1560. The lowest BCUT2D eigenvalue weighted by atomic mass is 9.76. The molecule has 0 aromatic heterocycles. The molecule has 0 atom stereocenters. The van der Waals surface area contributed by atoms with Crippen molar-refractivity contribution in [3.8, 4) is 11.5 Å². The largest absolute Gasteiger partial charge is 0.451 e. The molecular formula is C62H98F4O. The van der Waals surface area contributed by atoms with Gasteiger partial charge in [-0.2, -0.15) is 8.78 Å². The van der Waals surface area contributed by atoms with Gasteiger partial charge in [0, 0.05) is 0 Å². The van der Waals surface area contributed by atoms with Gasteiger partial charge in [-0.15, -0.1) is 0 Å². The maximum absolute atomic E-state index is 16.7. The van der Waals surface area contributed by atoms with Crippen LogP contribution in [0.2, 0.25) is 0 Å². The lowest BCUT2D eigenvalue weighted by Gasteiger charge is -2.30. The van der Waals surface area contributed by atoms with E-state index in [0.717, 1.165) is 73.3 Å². The molecule has 0 amide bonds. The number of halogens is 4. The molecule has 5 heteroatoms. The van der Waals surface area contributed by atoms with Gasteiger partial charge in [0.2, 0.25) is 11.6 Å². The molecule has 4 aliphatic carbocycles. The summed E-state index contributed by atoms with van der Waals surface area (Å²) >= 11 is 0. The number of unbranched alkanes of at least 4 members (excludes halogenated alkanes) is 8. The van der Waals surface area contributed by atoms with Crippen molar-refractivity contribution in [2.24, 2.45) is 47.3 Å². The molecule has 0 bridgehead atoms. The van der Waals surface area contributed by atoms with Crippen LogP contribution < -0.4 is 4.74 Å². The van der Waals surface area contributed by atoms with E-state index in [1.54, 1.807) is 12.1 Å². The quantitative estimate of drug-likeness (QED) is 0.0610. The van der Waals surface area contributed by atoms with E-state index in [-0.39, 0.29) is 11.5 Å². The van der Waals surface area contributed by atoms with E-state index >= 15 is 17.6 Å². The van der Waals surface area contributed by atoms with Crippen molar-refractivity contribution in [1.29, 1.82) is 0 Å². The first-order valence-electron chi connectivity index (χ1n) is 29.4. The van der Waals surface area contributed by atoms with Crippen LogP contribution in [0.15, 0.2) is 12.1 Å². The summed E-state index contributed by atoms with van der Waals surface area (Å²) in [5.74, 6) is 0.591. The van der Waals surface area contributed by atoms with Crippen LogP contribution in [0.3, 0.4) is 0 Å². The third-order valence-electron chi connectivity index (χ3n) is 18.3. The molecule has 380 valence electrons. The Morgan fingerprint density at radius 2 is 0.597 bits per heavy atom. The van der Waals surface area contributed by atoms with Crippen molar-refractivity contribution in [2.75, 3.05) is 0 Å². The predicted octanol–water partition coefficient (Wildman–Crippen LogP) is 20.5. The number of ether oxygens (including phenoxy) is 1. The second-order valence-electron chi connectivity index (χ2n) is 23.4. The Kier molecular flexibility index (Phi) is 23.8. The van der Waals surface area contributed by atoms with E-state index in [0.29, 0.717) is 60.5 Å². The molecule has 1 nitrogen and oxygen atoms in total. The Labute approximate surface area is 408 Å². The highest BCUT2D eigenvalue weighted by Crippen LogP contribution is 2.43. The Hall–Kier alpha value is -2.04. The molecule has 0 heterocycles. The summed E-state index contributed by atoms with van der Waals surface area (Å²) in [6.07, 6.45) is 43.5. The minimum atomic E-state index is -1.06. The summed E-state index contributed by atoms with van der Waals surface area (Å²) in [7, 11) is 0. The van der Waals surface area contributed by atoms with Gasteiger partial charge in [0.05, 0.1) is 0 Å². The van der Waals surface area contributed by atoms with Gasteiger partial charge in [0.15, 0.2) is 23.1 Å². The highest BCUT2D eigenvalue weighted by Gasteiger charge is 2.31. The minimum absolute atomic E-state index is 0.294. The fourth-order valence-corrected chi connectivity index (χ4v) is 13.7. The van der Waals surface area contributed by atoms with Crippen LogP contribution >= 0.6 is 0 Å². The number of benzene rings is 2. The zero-order chi connectivity index (χ0) is 47.4. The van der Waals surface area contributed by atoms with Crippen LogP contribution in [0, 0.1) is 70.6 Å². The van der Waals surface area contributed by atoms with E-state index in [4.69, 9.17) is 4.74 Å². The third kappa shape index (κ3) is 17.1. The molecule has 0 radical (unpaired) electrons. The van der Waals surface area contributed by atoms with Crippen molar-refractivity contribution in [3.05, 3.63) is 57.7 Å². The first-order chi connectivity index (χ1) is 32.7. The average Bonchev–Trinajstić information content (AvgIpc) is 3.34. The number of rotatable bonds is 28. The maximum Gasteiger partial charge on any atom is 0.201 e. The van der Waals surface area contributed by atoms with Crippen molar-refractivity contribution < 1.29 is 22.3 Å². The molecule has 4 fully saturated rings. The molecular weight excluding hydrogens is 837 g/mol. The third-order valence-corrected chi connectivity index (χ3v) is 18.3. The van der Waals surface area contributed by atoms with Gasteiger partial charge in [-0.3, -0.25) is 0 Å². The van der Waals surface area contributed by atoms with E-state index in [1.807, 2.05) is 0 Å². The van der Waals surface area contributed by atoms with Gasteiger partial charge < -0.3 is 4.74 Å². The van der Waals surface area contributed by atoms with E-state index in [9.17, 15) is 0 Å². The van der Waals surface area contributed by atoms with Gasteiger partial charge in [0.25, 0.3) is 0 Å². The van der Waals surface area contributed by atoms with Gasteiger partial charge in [-0.25, -0.2) is 8.78 Å². The zero-order valence-electron chi connectivity index (χ0n) is 43.6. The van der Waals surface area contributed by atoms with E-state index in [1.165, 1.54) is 180 Å². The minimum Gasteiger partial charge on any atom is -0.451 e. The molecule has 0 aliphatic heterocycles. The fraction of sp³-hybridized carbons (Fsp3) is 0.806. The molecule has 0 N–H and O–H groups in total. The summed E-state index contributed by atoms with van der Waals surface area (Å²) in [6.45, 7) is 9.05. The highest BCUT2D eigenvalue weighted by molar-refractivity contribution is 5.45. The average molecular weight is 935 g/mol. The molecule has 67 heavy (non-hydrogen) atoms. The molecule has 2 aromatic carbocycles. The van der Waals surface area contributed by atoms with Crippen molar-refractivity contribution >= 4 is 0 Å². The lowest BCUT2D eigenvalue weighted by Crippen LogP contribution is -2.19. The molecule has 0 saturated heterocycles. The first-order valence-corrected chi connectivity index (χ1v) is 29.4. The molecule has 0 unspecified atom stereocenters. The van der Waals surface area contributed by atoms with Crippen LogP contribution in [-0.4, -0.2) is 0 Å². The molecule has 4 aliphatic rings. The van der Waals surface area contributed by atoms with Gasteiger partial charge in [0.1, 0.15) is 0 Å². The lowest BCUT2D eigenvalue weighted by molar-refractivity contribution is 0.247. The van der Waals surface area contributed by atoms with Crippen molar-refractivity contribution in [2.45, 2.75) is 272 Å². The van der Waals surface area contributed by atoms with Crippen LogP contribution in [0.4, 0.5) is 17.6 Å². The normalized spacial score (nSPS) is 26.0. The first kappa shape index (κ1) is 54.3. The Morgan fingerprint density at radius 1 is 0.343 bits per heavy atom. The molecule has 0 spiro atoms. The molecule has 4 saturated carbocycles. The number of hydrogen-bond donors (Lipinski definition) is 0. The SMILES string of the molecule is CCCCCC1CCC(CCc2c(CC3CCC(CCCCC)CC3)cc(Oc3cc(CC4CCC(CCCCC)CC4)c(CCC4CCC(CCCCC)CC4)c(F)c3F)c(F)c2F)CC1. The van der Waals surface area contributed by atoms with Gasteiger partial charge in [-0.1, -0.05) is 207 Å². The summed E-state index contributed by atoms with van der Waals surface area (Å²) in [5, 5.41) is 0. The standard InChI is InChI=1S/C62H98F4O/c1-5-9-13-17-45-21-25-49(26-22-45)37-39-55-53(41-51-33-29-47(30-34-51)19-15-11-7-3)43-57(61(65)59(55)63)67-58-44-54(42-52-35-31-48(32-36-52)20-16-12-8-4)56(60(64)62(58)66)40-38-50-27-23-46(24-28-50)18-14-10-6-2/h43-52H,5-42H2,1-4H3. The second kappa shape index (κ2) is 29.3. The smallest absolute Gasteiger partial charge is 0.201 e. The summed E-state index contributed by atoms with van der Waals surface area (Å²) < 4.78 is 72.7. The predicted molar refractivity (Wildman–Crippen MR) is 275 cm³/mol. The maximum atomic E-state index is 16.7. The zero-order valence-corrected chi connectivity index (χ0v) is 43.6. The van der Waals surface area contributed by atoms with Crippen LogP contribution in [0.25, 0.3) is 0 Å². The van der Waals surface area contributed by atoms with E-state index < -0.39 is 23.3 Å². The summed E-state index contributed by atoms with van der Waals surface area (Å²) in [6, 6.07) is 3.38. The van der Waals surface area contributed by atoms with Gasteiger partial charge in [-0.05, 0) is 146 Å². The topological polar surface area (TPSA) is 9.23 Å². The number of hydrogen-bond acceptors (Lipinski definition) is 1. The van der Waals surface area contributed by atoms with E-state index in [2.05, 4.69) is 27.7 Å². The molecule has 6 rings (SSSR count). The van der Waals surface area contributed by atoms with Crippen LogP contribution in [0.1, 0.15) is 268 Å². The Balaban J connectivity index is 1.21. The van der Waals surface area contributed by atoms with Crippen molar-refractivity contribution in [3.63, 3.8) is 0 Å². The van der Waals surface area contributed by atoms with Gasteiger partial charge >= 0.3 is 0 Å². The molecule has 2 aromatic rings. The van der Waals surface area contributed by atoms with Crippen LogP contribution in [-0.2, 0) is 25.7 Å². The fourth-order valence-electron chi connectivity index (χ4n) is 13.7. The van der Waals surface area contributed by atoms with Crippen LogP contribution in [0.5, 0.6) is 11.5 Å². The monoisotopic (exact) mass is 935 g/mol. The highest BCUT2D eigenvalue weighted by atomic mass is 19.2. The Morgan fingerprint density at radius 3 is 0.866 bits per heavy atom.